The Kier molecular flexibility index (Phi) is 4.63. The minimum atomic E-state index is -0.349. The number of aromatic nitrogens is 3. The maximum atomic E-state index is 13.5. The van der Waals surface area contributed by atoms with E-state index >= 15 is 0 Å². The lowest BCUT2D eigenvalue weighted by atomic mass is 10.1. The lowest BCUT2D eigenvalue weighted by molar-refractivity contribution is 0.627. The molecule has 0 saturated heterocycles. The molecule has 3 aromatic heterocycles. The zero-order valence-corrected chi connectivity index (χ0v) is 17.1. The largest absolute Gasteiger partial charge is 0.355 e. The third kappa shape index (κ3) is 2.86. The number of nitrogens with one attached hydrogen (secondary N) is 1. The molecule has 0 unspecified atom stereocenters. The number of pyridine rings is 1. The summed E-state index contributed by atoms with van der Waals surface area (Å²) in [6, 6.07) is 5.86. The van der Waals surface area contributed by atoms with Crippen LogP contribution in [0.3, 0.4) is 0 Å². The first-order valence-electron chi connectivity index (χ1n) is 9.25. The highest BCUT2D eigenvalue weighted by Crippen LogP contribution is 2.34. The van der Waals surface area contributed by atoms with Gasteiger partial charge in [-0.05, 0) is 57.0 Å². The van der Waals surface area contributed by atoms with Crippen molar-refractivity contribution in [1.29, 1.82) is 0 Å². The van der Waals surface area contributed by atoms with Gasteiger partial charge in [0.05, 0.1) is 22.3 Å². The van der Waals surface area contributed by atoms with Crippen molar-refractivity contribution in [2.45, 2.75) is 34.1 Å². The van der Waals surface area contributed by atoms with Gasteiger partial charge in [-0.25, -0.2) is 18.9 Å². The molecule has 1 aromatic carbocycles. The topological polar surface area (TPSA) is 59.8 Å². The summed E-state index contributed by atoms with van der Waals surface area (Å²) >= 11 is 1.62. The normalized spacial score (nSPS) is 11.5. The molecule has 1 N–H and O–H groups in total. The molecule has 4 rings (SSSR count). The molecule has 0 aliphatic carbocycles. The summed E-state index contributed by atoms with van der Waals surface area (Å²) < 4.78 is 14.9. The predicted octanol–water partition coefficient (Wildman–Crippen LogP) is 4.88. The first-order chi connectivity index (χ1) is 13.4. The fraction of sp³-hybridized carbons (Fsp3) is 0.286. The van der Waals surface area contributed by atoms with Crippen LogP contribution in [0, 0.1) is 26.6 Å². The number of benzene rings is 1. The Labute approximate surface area is 165 Å². The molecular weight excluding hydrogens is 375 g/mol. The van der Waals surface area contributed by atoms with E-state index in [1.54, 1.807) is 23.5 Å². The zero-order chi connectivity index (χ0) is 20.0. The molecule has 0 radical (unpaired) electrons. The summed E-state index contributed by atoms with van der Waals surface area (Å²) in [5.74, 6) is 0.110. The maximum Gasteiger partial charge on any atom is 0.269 e. The average molecular weight is 396 g/mol. The molecule has 3 heterocycles. The van der Waals surface area contributed by atoms with Crippen molar-refractivity contribution < 1.29 is 4.39 Å². The maximum absolute atomic E-state index is 13.5. The van der Waals surface area contributed by atoms with Crippen molar-refractivity contribution in [3.05, 3.63) is 56.6 Å². The van der Waals surface area contributed by atoms with Gasteiger partial charge in [-0.3, -0.25) is 4.79 Å². The minimum absolute atomic E-state index is 0.203. The second-order valence-electron chi connectivity index (χ2n) is 6.86. The molecular formula is C21H21FN4OS. The van der Waals surface area contributed by atoms with Crippen molar-refractivity contribution in [3.63, 3.8) is 0 Å². The third-order valence-electron chi connectivity index (χ3n) is 4.94. The number of fused-ring (bicyclic) bond motifs is 3. The average Bonchev–Trinajstić information content (AvgIpc) is 2.94. The Hall–Kier alpha value is -2.80. The summed E-state index contributed by atoms with van der Waals surface area (Å²) in [6.07, 6.45) is 0.888. The van der Waals surface area contributed by atoms with Crippen LogP contribution in [0.5, 0.6) is 0 Å². The van der Waals surface area contributed by atoms with Crippen LogP contribution in [0.2, 0.25) is 0 Å². The Morgan fingerprint density at radius 3 is 2.50 bits per heavy atom. The fourth-order valence-corrected chi connectivity index (χ4v) is 4.47. The van der Waals surface area contributed by atoms with E-state index in [1.807, 2.05) is 20.8 Å². The highest BCUT2D eigenvalue weighted by molar-refractivity contribution is 7.18. The standard InChI is InChI=1S/C21H21FN4OS/c1-5-10-23-21-25-18-16-11(2)13(4)28-19(16)24-12(3)17(18)20(27)26(21)15-8-6-14(22)7-9-15/h6-9H,5,10H2,1-4H3,(H,23,25). The van der Waals surface area contributed by atoms with Crippen LogP contribution in [0.4, 0.5) is 10.3 Å². The number of aryl methyl sites for hydroxylation is 3. The Morgan fingerprint density at radius 1 is 1.11 bits per heavy atom. The monoisotopic (exact) mass is 396 g/mol. The second-order valence-corrected chi connectivity index (χ2v) is 8.07. The Morgan fingerprint density at radius 2 is 1.82 bits per heavy atom. The van der Waals surface area contributed by atoms with Gasteiger partial charge in [-0.2, -0.15) is 0 Å². The van der Waals surface area contributed by atoms with E-state index in [9.17, 15) is 9.18 Å². The van der Waals surface area contributed by atoms with E-state index in [1.165, 1.54) is 21.6 Å². The van der Waals surface area contributed by atoms with E-state index in [0.717, 1.165) is 22.2 Å². The zero-order valence-electron chi connectivity index (χ0n) is 16.3. The summed E-state index contributed by atoms with van der Waals surface area (Å²) in [4.78, 5) is 25.1. The van der Waals surface area contributed by atoms with Gasteiger partial charge in [0.25, 0.3) is 5.56 Å². The van der Waals surface area contributed by atoms with Crippen molar-refractivity contribution in [3.8, 4) is 5.69 Å². The molecule has 5 nitrogen and oxygen atoms in total. The van der Waals surface area contributed by atoms with Gasteiger partial charge in [0.2, 0.25) is 5.95 Å². The van der Waals surface area contributed by atoms with Crippen molar-refractivity contribution in [2.24, 2.45) is 0 Å². The van der Waals surface area contributed by atoms with Crippen LogP contribution < -0.4 is 10.9 Å². The van der Waals surface area contributed by atoms with E-state index < -0.39 is 0 Å². The van der Waals surface area contributed by atoms with Crippen LogP contribution in [0.1, 0.15) is 29.5 Å². The van der Waals surface area contributed by atoms with Crippen LogP contribution in [-0.4, -0.2) is 21.1 Å². The van der Waals surface area contributed by atoms with Crippen LogP contribution >= 0.6 is 11.3 Å². The summed E-state index contributed by atoms with van der Waals surface area (Å²) in [6.45, 7) is 8.65. The number of anilines is 1. The number of halogens is 1. The molecule has 0 fully saturated rings. The van der Waals surface area contributed by atoms with Gasteiger partial charge < -0.3 is 5.32 Å². The summed E-state index contributed by atoms with van der Waals surface area (Å²) in [5.41, 5.74) is 2.79. The van der Waals surface area contributed by atoms with Gasteiger partial charge in [0, 0.05) is 16.8 Å². The van der Waals surface area contributed by atoms with Crippen LogP contribution in [0.15, 0.2) is 29.1 Å². The van der Waals surface area contributed by atoms with Gasteiger partial charge in [-0.1, -0.05) is 6.92 Å². The molecule has 0 bridgehead atoms. The number of nitrogens with zero attached hydrogens (tertiary/aromatic N) is 3. The molecule has 0 aliphatic heterocycles. The lowest BCUT2D eigenvalue weighted by Gasteiger charge is -2.16. The van der Waals surface area contributed by atoms with Gasteiger partial charge in [-0.15, -0.1) is 11.3 Å². The molecule has 4 aromatic rings. The van der Waals surface area contributed by atoms with Crippen molar-refractivity contribution in [1.82, 2.24) is 14.5 Å². The first kappa shape index (κ1) is 18.6. The smallest absolute Gasteiger partial charge is 0.269 e. The van der Waals surface area contributed by atoms with Gasteiger partial charge in [0.1, 0.15) is 10.6 Å². The summed E-state index contributed by atoms with van der Waals surface area (Å²) in [7, 11) is 0. The molecule has 0 saturated carbocycles. The number of thiophene rings is 1. The van der Waals surface area contributed by atoms with Gasteiger partial charge in [0.15, 0.2) is 0 Å². The highest BCUT2D eigenvalue weighted by atomic mass is 32.1. The highest BCUT2D eigenvalue weighted by Gasteiger charge is 2.20. The molecule has 28 heavy (non-hydrogen) atoms. The Balaban J connectivity index is 2.14. The second kappa shape index (κ2) is 6.98. The predicted molar refractivity (Wildman–Crippen MR) is 113 cm³/mol. The summed E-state index contributed by atoms with van der Waals surface area (Å²) in [5, 5.41) is 4.70. The SMILES string of the molecule is CCCNc1nc2c(c(C)nc3sc(C)c(C)c32)c(=O)n1-c1ccc(F)cc1. The Bertz CT molecular complexity index is 1260. The first-order valence-corrected chi connectivity index (χ1v) is 10.1. The third-order valence-corrected chi connectivity index (χ3v) is 6.04. The van der Waals surface area contributed by atoms with Crippen LogP contribution in [0.25, 0.3) is 26.8 Å². The van der Waals surface area contributed by atoms with Gasteiger partial charge >= 0.3 is 0 Å². The van der Waals surface area contributed by atoms with Crippen molar-refractivity contribution in [2.75, 3.05) is 11.9 Å². The minimum Gasteiger partial charge on any atom is -0.355 e. The van der Waals surface area contributed by atoms with Crippen molar-refractivity contribution >= 4 is 38.4 Å². The van der Waals surface area contributed by atoms with Crippen LogP contribution in [-0.2, 0) is 0 Å². The molecule has 0 atom stereocenters. The van der Waals surface area contributed by atoms with E-state index in [0.29, 0.717) is 34.8 Å². The van der Waals surface area contributed by atoms with E-state index in [2.05, 4.69) is 17.2 Å². The lowest BCUT2D eigenvalue weighted by Crippen LogP contribution is -2.25. The molecule has 7 heteroatoms. The van der Waals surface area contributed by atoms with E-state index in [-0.39, 0.29) is 11.4 Å². The fourth-order valence-electron chi connectivity index (χ4n) is 3.39. The number of hydrogen-bond donors (Lipinski definition) is 1. The molecule has 0 aliphatic rings. The quantitative estimate of drug-likeness (QED) is 0.534. The molecule has 0 spiro atoms. The number of hydrogen-bond acceptors (Lipinski definition) is 5. The number of rotatable bonds is 4. The molecule has 0 amide bonds. The molecule has 144 valence electrons. The van der Waals surface area contributed by atoms with E-state index in [4.69, 9.17) is 4.98 Å².